The van der Waals surface area contributed by atoms with E-state index in [1.54, 1.807) is 0 Å². The van der Waals surface area contributed by atoms with Gasteiger partial charge in [-0.25, -0.2) is 0 Å². The average molecular weight is 340 g/mol. The van der Waals surface area contributed by atoms with Crippen LogP contribution in [0.2, 0.25) is 0 Å². The highest BCUT2D eigenvalue weighted by Crippen LogP contribution is 2.26. The van der Waals surface area contributed by atoms with Crippen LogP contribution in [0.4, 0.5) is 0 Å². The average Bonchev–Trinajstić information content (AvgIpc) is 2.77. The molecule has 0 nitrogen and oxygen atoms in total. The second-order valence-electron chi connectivity index (χ2n) is 6.76. The van der Waals surface area contributed by atoms with Gasteiger partial charge >= 0.3 is 0 Å². The number of benzene rings is 3. The molecule has 25 heavy (non-hydrogen) atoms. The standard InChI is InChI=1S/C24H21P/c1-17-6-8-18(9-7-17)10-11-19-12-13-22-15-20-4-2-3-5-21(20)16-24(25)23(22)14-19/h2-14,25H,15-16H2,1H3/b11-10+. The summed E-state index contributed by atoms with van der Waals surface area (Å²) in [5.41, 5.74) is 9.33. The minimum atomic E-state index is 0.963. The lowest BCUT2D eigenvalue weighted by Crippen LogP contribution is -2.02. The molecule has 0 fully saturated rings. The first-order chi connectivity index (χ1) is 12.2. The summed E-state index contributed by atoms with van der Waals surface area (Å²) >= 11 is 0. The zero-order valence-electron chi connectivity index (χ0n) is 14.4. The van der Waals surface area contributed by atoms with E-state index in [0.717, 1.165) is 12.8 Å². The van der Waals surface area contributed by atoms with Crippen molar-refractivity contribution < 1.29 is 0 Å². The van der Waals surface area contributed by atoms with Crippen molar-refractivity contribution in [3.8, 4) is 0 Å². The summed E-state index contributed by atoms with van der Waals surface area (Å²) in [5.74, 6) is 0. The van der Waals surface area contributed by atoms with Gasteiger partial charge in [-0.3, -0.25) is 0 Å². The maximum atomic E-state index is 3.90. The minimum absolute atomic E-state index is 0.963. The molecular formula is C24H21P. The molecule has 0 amide bonds. The molecule has 0 aliphatic heterocycles. The Morgan fingerprint density at radius 1 is 0.720 bits per heavy atom. The minimum Gasteiger partial charge on any atom is -0.118 e. The maximum absolute atomic E-state index is 3.90. The van der Waals surface area contributed by atoms with Crippen molar-refractivity contribution in [2.24, 2.45) is 0 Å². The Balaban J connectivity index is 1.65. The Bertz CT molecular complexity index is 962. The highest BCUT2D eigenvalue weighted by atomic mass is 31.0. The summed E-state index contributed by atoms with van der Waals surface area (Å²) in [4.78, 5) is 0. The fourth-order valence-electron chi connectivity index (χ4n) is 3.40. The van der Waals surface area contributed by atoms with Crippen molar-refractivity contribution in [1.29, 1.82) is 0 Å². The van der Waals surface area contributed by atoms with Crippen molar-refractivity contribution >= 4 is 26.3 Å². The van der Waals surface area contributed by atoms with Crippen LogP contribution in [0.5, 0.6) is 0 Å². The van der Waals surface area contributed by atoms with Crippen molar-refractivity contribution in [1.82, 2.24) is 0 Å². The Labute approximate surface area is 152 Å². The van der Waals surface area contributed by atoms with Crippen LogP contribution in [0.1, 0.15) is 38.9 Å². The van der Waals surface area contributed by atoms with E-state index in [0.29, 0.717) is 0 Å². The summed E-state index contributed by atoms with van der Waals surface area (Å²) in [7, 11) is 3.90. The fraction of sp³-hybridized carbons (Fsp3) is 0.125. The summed E-state index contributed by atoms with van der Waals surface area (Å²) in [6, 6.07) is 24.2. The lowest BCUT2D eigenvalue weighted by Gasteiger charge is -2.08. The van der Waals surface area contributed by atoms with E-state index in [4.69, 9.17) is 0 Å². The topological polar surface area (TPSA) is 0 Å². The predicted octanol–water partition coefficient (Wildman–Crippen LogP) is 5.98. The van der Waals surface area contributed by atoms with Gasteiger partial charge in [-0.2, -0.15) is 0 Å². The van der Waals surface area contributed by atoms with Gasteiger partial charge in [0.15, 0.2) is 0 Å². The molecule has 0 spiro atoms. The Kier molecular flexibility index (Phi) is 4.38. The normalized spacial score (nSPS) is 13.4. The van der Waals surface area contributed by atoms with Gasteiger partial charge in [0.1, 0.15) is 0 Å². The van der Waals surface area contributed by atoms with E-state index >= 15 is 0 Å². The van der Waals surface area contributed by atoms with E-state index in [1.165, 1.54) is 44.2 Å². The molecule has 0 bridgehead atoms. The van der Waals surface area contributed by atoms with Gasteiger partial charge in [0.2, 0.25) is 0 Å². The molecule has 4 rings (SSSR count). The maximum Gasteiger partial charge on any atom is 0.00212 e. The van der Waals surface area contributed by atoms with Gasteiger partial charge < -0.3 is 0 Å². The second-order valence-corrected chi connectivity index (χ2v) is 7.36. The molecule has 122 valence electrons. The van der Waals surface area contributed by atoms with Crippen LogP contribution >= 0.6 is 8.86 Å². The number of aryl methyl sites for hydroxylation is 1. The molecule has 0 N–H and O–H groups in total. The second kappa shape index (κ2) is 6.82. The Hall–Kier alpha value is -2.43. The molecular weight excluding hydrogens is 319 g/mol. The molecule has 0 aromatic heterocycles. The van der Waals surface area contributed by atoms with E-state index in [9.17, 15) is 0 Å². The van der Waals surface area contributed by atoms with Crippen molar-refractivity contribution in [2.45, 2.75) is 19.8 Å². The van der Waals surface area contributed by atoms with Crippen molar-refractivity contribution in [3.05, 3.63) is 106 Å². The van der Waals surface area contributed by atoms with Crippen LogP contribution in [0.15, 0.2) is 66.7 Å². The third-order valence-corrected chi connectivity index (χ3v) is 5.32. The van der Waals surface area contributed by atoms with Gasteiger partial charge in [0, 0.05) is 6.42 Å². The molecule has 3 aromatic rings. The Morgan fingerprint density at radius 3 is 2.12 bits per heavy atom. The van der Waals surface area contributed by atoms with Gasteiger partial charge in [-0.05, 0) is 58.1 Å². The first kappa shape index (κ1) is 16.1. The summed E-state index contributed by atoms with van der Waals surface area (Å²) < 4.78 is 0. The van der Waals surface area contributed by atoms with Crippen LogP contribution in [0.25, 0.3) is 12.2 Å². The fourth-order valence-corrected chi connectivity index (χ4v) is 3.82. The molecule has 0 saturated heterocycles. The third-order valence-electron chi connectivity index (χ3n) is 4.87. The van der Waals surface area contributed by atoms with Crippen molar-refractivity contribution in [2.75, 3.05) is 0 Å². The zero-order valence-corrected chi connectivity index (χ0v) is 15.4. The quantitative estimate of drug-likeness (QED) is 0.398. The van der Waals surface area contributed by atoms with Gasteiger partial charge in [0.05, 0.1) is 0 Å². The van der Waals surface area contributed by atoms with E-state index in [-0.39, 0.29) is 0 Å². The van der Waals surface area contributed by atoms with Gasteiger partial charge in [0.25, 0.3) is 0 Å². The van der Waals surface area contributed by atoms with E-state index in [1.807, 2.05) is 0 Å². The van der Waals surface area contributed by atoms with Crippen LogP contribution in [-0.2, 0) is 12.8 Å². The lowest BCUT2D eigenvalue weighted by atomic mass is 9.98. The first-order valence-corrected chi connectivity index (χ1v) is 9.21. The van der Waals surface area contributed by atoms with Crippen LogP contribution in [0.3, 0.4) is 0 Å². The molecule has 0 heterocycles. The summed E-state index contributed by atoms with van der Waals surface area (Å²) in [6.45, 7) is 2.12. The van der Waals surface area contributed by atoms with E-state index < -0.39 is 0 Å². The molecule has 0 saturated carbocycles. The molecule has 0 unspecified atom stereocenters. The molecule has 0 atom stereocenters. The van der Waals surface area contributed by atoms with Crippen molar-refractivity contribution in [3.63, 3.8) is 0 Å². The third kappa shape index (κ3) is 3.50. The summed E-state index contributed by atoms with van der Waals surface area (Å²) in [5, 5.41) is 1.27. The monoisotopic (exact) mass is 340 g/mol. The van der Waals surface area contributed by atoms with Crippen LogP contribution < -0.4 is 0 Å². The molecule has 1 heteroatoms. The van der Waals surface area contributed by atoms with Gasteiger partial charge in [-0.15, -0.1) is 8.86 Å². The highest BCUT2D eigenvalue weighted by molar-refractivity contribution is 7.22. The largest absolute Gasteiger partial charge is 0.118 e. The van der Waals surface area contributed by atoms with Crippen LogP contribution in [0, 0.1) is 6.92 Å². The zero-order chi connectivity index (χ0) is 17.2. The predicted molar refractivity (Wildman–Crippen MR) is 112 cm³/mol. The Morgan fingerprint density at radius 2 is 1.36 bits per heavy atom. The lowest BCUT2D eigenvalue weighted by molar-refractivity contribution is 1.16. The van der Waals surface area contributed by atoms with E-state index in [2.05, 4.69) is 94.7 Å². The number of rotatable bonds is 2. The number of hydrogen-bond donors (Lipinski definition) is 0. The molecule has 3 aromatic carbocycles. The molecule has 1 aliphatic carbocycles. The van der Waals surface area contributed by atoms with Crippen LogP contribution in [-0.4, -0.2) is 5.29 Å². The smallest absolute Gasteiger partial charge is 0.00212 e. The van der Waals surface area contributed by atoms with Gasteiger partial charge in [-0.1, -0.05) is 78.4 Å². The first-order valence-electron chi connectivity index (χ1n) is 8.71. The highest BCUT2D eigenvalue weighted by Gasteiger charge is 2.15. The molecule has 0 radical (unpaired) electrons. The number of fused-ring (bicyclic) bond motifs is 2. The number of hydrogen-bond acceptors (Lipinski definition) is 0. The summed E-state index contributed by atoms with van der Waals surface area (Å²) in [6.07, 6.45) is 6.34. The SMILES string of the molecule is Cc1ccc(/C=C/c2ccc3c(c2)C(=P)Cc2ccccc2C3)cc1. The molecule has 1 aliphatic rings.